The van der Waals surface area contributed by atoms with Crippen molar-refractivity contribution in [2.75, 3.05) is 6.61 Å². The van der Waals surface area contributed by atoms with Gasteiger partial charge in [-0.1, -0.05) is 26.0 Å². The number of carbonyl (C=O) groups is 1. The Bertz CT molecular complexity index is 1090. The first-order valence-electron chi connectivity index (χ1n) is 9.42. The highest BCUT2D eigenvalue weighted by Gasteiger charge is 2.16. The highest BCUT2D eigenvalue weighted by molar-refractivity contribution is 7.10. The third kappa shape index (κ3) is 4.07. The van der Waals surface area contributed by atoms with Gasteiger partial charge in [-0.05, 0) is 43.5 Å². The lowest BCUT2D eigenvalue weighted by atomic mass is 10.1. The van der Waals surface area contributed by atoms with Gasteiger partial charge in [0.05, 0.1) is 17.8 Å². The van der Waals surface area contributed by atoms with Crippen LogP contribution in [0.5, 0.6) is 0 Å². The first kappa shape index (κ1) is 20.0. The van der Waals surface area contributed by atoms with Crippen LogP contribution in [0.15, 0.2) is 34.6 Å². The van der Waals surface area contributed by atoms with Crippen LogP contribution in [-0.2, 0) is 11.3 Å². The van der Waals surface area contributed by atoms with Crippen molar-refractivity contribution < 1.29 is 9.53 Å². The molecule has 3 rings (SSSR count). The van der Waals surface area contributed by atoms with Crippen LogP contribution in [0.1, 0.15) is 60.2 Å². The predicted molar refractivity (Wildman–Crippen MR) is 115 cm³/mol. The Balaban J connectivity index is 2.00. The fourth-order valence-corrected chi connectivity index (χ4v) is 3.81. The molecule has 0 atom stereocenters. The number of rotatable bonds is 6. The zero-order chi connectivity index (χ0) is 20.3. The molecule has 3 aromatic rings. The quantitative estimate of drug-likeness (QED) is 0.553. The van der Waals surface area contributed by atoms with Gasteiger partial charge in [0.15, 0.2) is 0 Å². The Hall–Kier alpha value is -2.73. The van der Waals surface area contributed by atoms with Gasteiger partial charge in [-0.15, -0.1) is 11.3 Å². The molecule has 28 heavy (non-hydrogen) atoms. The number of ether oxygens (including phenoxy) is 1. The molecule has 1 aromatic carbocycles. The molecule has 0 aliphatic heterocycles. The monoisotopic (exact) mass is 396 g/mol. The van der Waals surface area contributed by atoms with Crippen molar-refractivity contribution >= 4 is 40.4 Å². The van der Waals surface area contributed by atoms with Gasteiger partial charge in [-0.25, -0.2) is 9.78 Å². The third-order valence-electron chi connectivity index (χ3n) is 4.49. The summed E-state index contributed by atoms with van der Waals surface area (Å²) in [4.78, 5) is 29.4. The molecular formula is C22H24N2O3S. The molecule has 0 aliphatic carbocycles. The number of hydrogen-bond donors (Lipinski definition) is 0. The minimum Gasteiger partial charge on any atom is -0.462 e. The SMILES string of the molecule is CCOC(=O)c1cn(CC)c2cc(/C=C/c3nc(C(C)C)cs3)ccc2c1=O. The maximum absolute atomic E-state index is 12.7. The summed E-state index contributed by atoms with van der Waals surface area (Å²) in [7, 11) is 0. The van der Waals surface area contributed by atoms with E-state index >= 15 is 0 Å². The minimum absolute atomic E-state index is 0.0727. The lowest BCUT2D eigenvalue weighted by Crippen LogP contribution is -2.20. The van der Waals surface area contributed by atoms with Crippen molar-refractivity contribution in [1.82, 2.24) is 9.55 Å². The molecule has 0 bridgehead atoms. The third-order valence-corrected chi connectivity index (χ3v) is 5.32. The van der Waals surface area contributed by atoms with Gasteiger partial charge in [-0.2, -0.15) is 0 Å². The second-order valence-electron chi connectivity index (χ2n) is 6.75. The normalized spacial score (nSPS) is 11.6. The van der Waals surface area contributed by atoms with E-state index in [4.69, 9.17) is 4.74 Å². The first-order valence-corrected chi connectivity index (χ1v) is 10.3. The topological polar surface area (TPSA) is 61.2 Å². The Morgan fingerprint density at radius 2 is 2.07 bits per heavy atom. The van der Waals surface area contributed by atoms with Crippen molar-refractivity contribution in [3.05, 3.63) is 61.8 Å². The summed E-state index contributed by atoms with van der Waals surface area (Å²) in [5.74, 6) is -0.169. The molecule has 146 valence electrons. The lowest BCUT2D eigenvalue weighted by molar-refractivity contribution is 0.0524. The van der Waals surface area contributed by atoms with E-state index in [9.17, 15) is 9.59 Å². The summed E-state index contributed by atoms with van der Waals surface area (Å²) in [5.41, 5.74) is 2.64. The number of nitrogens with zero attached hydrogens (tertiary/aromatic N) is 2. The summed E-state index contributed by atoms with van der Waals surface area (Å²) in [6, 6.07) is 5.61. The van der Waals surface area contributed by atoms with Gasteiger partial charge in [0.25, 0.3) is 0 Å². The highest BCUT2D eigenvalue weighted by atomic mass is 32.1. The van der Waals surface area contributed by atoms with E-state index < -0.39 is 5.97 Å². The van der Waals surface area contributed by atoms with Gasteiger partial charge in [0, 0.05) is 23.5 Å². The average molecular weight is 397 g/mol. The summed E-state index contributed by atoms with van der Waals surface area (Å²) in [6.45, 7) is 8.83. The molecule has 5 nitrogen and oxygen atoms in total. The number of benzene rings is 1. The van der Waals surface area contributed by atoms with E-state index in [2.05, 4.69) is 24.2 Å². The summed E-state index contributed by atoms with van der Waals surface area (Å²) < 4.78 is 6.92. The van der Waals surface area contributed by atoms with Crippen LogP contribution in [0.2, 0.25) is 0 Å². The van der Waals surface area contributed by atoms with Crippen LogP contribution in [0.3, 0.4) is 0 Å². The smallest absolute Gasteiger partial charge is 0.343 e. The second-order valence-corrected chi connectivity index (χ2v) is 7.64. The van der Waals surface area contributed by atoms with E-state index in [1.54, 1.807) is 30.5 Å². The van der Waals surface area contributed by atoms with Gasteiger partial charge in [-0.3, -0.25) is 4.79 Å². The number of fused-ring (bicyclic) bond motifs is 1. The molecular weight excluding hydrogens is 372 g/mol. The average Bonchev–Trinajstić information content (AvgIpc) is 3.16. The largest absolute Gasteiger partial charge is 0.462 e. The Morgan fingerprint density at radius 1 is 1.29 bits per heavy atom. The standard InChI is InChI=1S/C22H24N2O3S/c1-5-24-12-17(22(26)27-6-2)21(25)16-9-7-15(11-19(16)24)8-10-20-23-18(13-28-20)14(3)4/h7-14H,5-6H2,1-4H3/b10-8+. The first-order chi connectivity index (χ1) is 13.4. The molecule has 0 fully saturated rings. The highest BCUT2D eigenvalue weighted by Crippen LogP contribution is 2.21. The molecule has 0 unspecified atom stereocenters. The predicted octanol–water partition coefficient (Wildman–Crippen LogP) is 4.95. The van der Waals surface area contributed by atoms with Gasteiger partial charge in [0.2, 0.25) is 5.43 Å². The Kier molecular flexibility index (Phi) is 6.09. The Morgan fingerprint density at radius 3 is 2.71 bits per heavy atom. The van der Waals surface area contributed by atoms with Crippen molar-refractivity contribution in [2.45, 2.75) is 40.2 Å². The van der Waals surface area contributed by atoms with Crippen molar-refractivity contribution in [2.24, 2.45) is 0 Å². The Labute approximate surface area is 168 Å². The van der Waals surface area contributed by atoms with Crippen LogP contribution in [0.25, 0.3) is 23.1 Å². The molecule has 0 saturated carbocycles. The number of aromatic nitrogens is 2. The molecule has 0 amide bonds. The summed E-state index contributed by atoms with van der Waals surface area (Å²) in [6.07, 6.45) is 5.57. The number of esters is 1. The molecule has 2 aromatic heterocycles. The van der Waals surface area contributed by atoms with Gasteiger partial charge >= 0.3 is 5.97 Å². The number of carbonyl (C=O) groups excluding carboxylic acids is 1. The fourth-order valence-electron chi connectivity index (χ4n) is 2.94. The molecule has 0 radical (unpaired) electrons. The van der Waals surface area contributed by atoms with Crippen LogP contribution < -0.4 is 5.43 Å². The summed E-state index contributed by atoms with van der Waals surface area (Å²) in [5, 5.41) is 3.55. The van der Waals surface area contributed by atoms with Gasteiger partial charge in [0.1, 0.15) is 10.6 Å². The lowest BCUT2D eigenvalue weighted by Gasteiger charge is -2.11. The zero-order valence-corrected chi connectivity index (χ0v) is 17.4. The van der Waals surface area contributed by atoms with Crippen LogP contribution >= 0.6 is 11.3 Å². The zero-order valence-electron chi connectivity index (χ0n) is 16.6. The van der Waals surface area contributed by atoms with Crippen LogP contribution in [0.4, 0.5) is 0 Å². The molecule has 6 heteroatoms. The molecule has 2 heterocycles. The number of aryl methyl sites for hydroxylation is 1. The molecule has 0 spiro atoms. The van der Waals surface area contributed by atoms with Gasteiger partial charge < -0.3 is 9.30 Å². The summed E-state index contributed by atoms with van der Waals surface area (Å²) >= 11 is 1.62. The number of thiazole rings is 1. The van der Waals surface area contributed by atoms with Crippen molar-refractivity contribution in [3.8, 4) is 0 Å². The number of pyridine rings is 1. The molecule has 0 aliphatic rings. The maximum Gasteiger partial charge on any atom is 0.343 e. The van der Waals surface area contributed by atoms with E-state index in [1.807, 2.05) is 35.8 Å². The molecule has 0 saturated heterocycles. The van der Waals surface area contributed by atoms with Crippen molar-refractivity contribution in [3.63, 3.8) is 0 Å². The van der Waals surface area contributed by atoms with Crippen LogP contribution in [-0.4, -0.2) is 22.1 Å². The molecule has 0 N–H and O–H groups in total. The fraction of sp³-hybridized carbons (Fsp3) is 0.318. The second kappa shape index (κ2) is 8.52. The van der Waals surface area contributed by atoms with E-state index in [0.29, 0.717) is 17.8 Å². The van der Waals surface area contributed by atoms with Crippen LogP contribution in [0, 0.1) is 0 Å². The maximum atomic E-state index is 12.7. The minimum atomic E-state index is -0.578. The van der Waals surface area contributed by atoms with E-state index in [0.717, 1.165) is 21.8 Å². The number of hydrogen-bond acceptors (Lipinski definition) is 5. The van der Waals surface area contributed by atoms with Crippen molar-refractivity contribution in [1.29, 1.82) is 0 Å². The van der Waals surface area contributed by atoms with E-state index in [1.165, 1.54) is 0 Å². The van der Waals surface area contributed by atoms with E-state index in [-0.39, 0.29) is 17.6 Å².